The molecule has 0 saturated carbocycles. The SMILES string of the molecule is CC(C)Nc1c(Br)c([C@@H]2CCCNC2)nc2c(-c3cnn(C)c3)cnn12. The molecule has 4 heterocycles. The van der Waals surface area contributed by atoms with Crippen LogP contribution in [-0.2, 0) is 7.05 Å². The summed E-state index contributed by atoms with van der Waals surface area (Å²) in [6, 6.07) is 0.292. The fourth-order valence-corrected chi connectivity index (χ4v) is 4.20. The topological polar surface area (TPSA) is 72.1 Å². The third kappa shape index (κ3) is 3.12. The van der Waals surface area contributed by atoms with Crippen LogP contribution in [0.15, 0.2) is 23.1 Å². The molecule has 8 heteroatoms. The molecule has 3 aromatic rings. The number of hydrogen-bond acceptors (Lipinski definition) is 5. The van der Waals surface area contributed by atoms with E-state index >= 15 is 0 Å². The van der Waals surface area contributed by atoms with Crippen LogP contribution in [0.5, 0.6) is 0 Å². The lowest BCUT2D eigenvalue weighted by atomic mass is 9.95. The van der Waals surface area contributed by atoms with Crippen LogP contribution in [0.25, 0.3) is 16.8 Å². The molecule has 4 rings (SSSR count). The van der Waals surface area contributed by atoms with Gasteiger partial charge in [0, 0.05) is 42.9 Å². The maximum atomic E-state index is 5.05. The first kappa shape index (κ1) is 17.5. The molecular formula is C18H24BrN7. The predicted molar refractivity (Wildman–Crippen MR) is 106 cm³/mol. The van der Waals surface area contributed by atoms with E-state index in [0.29, 0.717) is 12.0 Å². The monoisotopic (exact) mass is 417 g/mol. The van der Waals surface area contributed by atoms with Gasteiger partial charge in [-0.15, -0.1) is 0 Å². The number of hydrogen-bond donors (Lipinski definition) is 2. The highest BCUT2D eigenvalue weighted by Crippen LogP contribution is 2.36. The Kier molecular flexibility index (Phi) is 4.71. The minimum atomic E-state index is 0.292. The lowest BCUT2D eigenvalue weighted by Gasteiger charge is -2.25. The van der Waals surface area contributed by atoms with Crippen molar-refractivity contribution < 1.29 is 0 Å². The van der Waals surface area contributed by atoms with Crippen molar-refractivity contribution in [3.8, 4) is 11.1 Å². The van der Waals surface area contributed by atoms with E-state index in [1.54, 1.807) is 4.68 Å². The molecule has 0 aliphatic carbocycles. The van der Waals surface area contributed by atoms with Crippen LogP contribution >= 0.6 is 15.9 Å². The molecule has 2 N–H and O–H groups in total. The van der Waals surface area contributed by atoms with Crippen molar-refractivity contribution in [1.82, 2.24) is 29.7 Å². The van der Waals surface area contributed by atoms with Crippen molar-refractivity contribution in [3.63, 3.8) is 0 Å². The molecule has 3 aromatic heterocycles. The maximum absolute atomic E-state index is 5.05. The van der Waals surface area contributed by atoms with Gasteiger partial charge < -0.3 is 10.6 Å². The lowest BCUT2D eigenvalue weighted by molar-refractivity contribution is 0.453. The predicted octanol–water partition coefficient (Wildman–Crippen LogP) is 3.18. The molecule has 1 saturated heterocycles. The van der Waals surface area contributed by atoms with Gasteiger partial charge in [-0.1, -0.05) is 0 Å². The first-order chi connectivity index (χ1) is 12.5. The number of piperidine rings is 1. The van der Waals surface area contributed by atoms with Crippen LogP contribution in [-0.4, -0.2) is 43.5 Å². The lowest BCUT2D eigenvalue weighted by Crippen LogP contribution is -2.29. The standard InChI is InChI=1S/C18H24BrN7/c1-11(2)23-18-15(19)16(12-5-4-6-20-7-12)24-17-14(9-22-26(17)18)13-8-21-25(3)10-13/h8-12,20,23H,4-7H2,1-3H3/t12-/m1/s1. The normalized spacial score (nSPS) is 18.0. The summed E-state index contributed by atoms with van der Waals surface area (Å²) in [7, 11) is 1.92. The zero-order chi connectivity index (χ0) is 18.3. The van der Waals surface area contributed by atoms with E-state index in [0.717, 1.165) is 52.3 Å². The van der Waals surface area contributed by atoms with Crippen molar-refractivity contribution in [2.45, 2.75) is 38.6 Å². The number of rotatable bonds is 4. The molecule has 0 spiro atoms. The molecule has 138 valence electrons. The highest BCUT2D eigenvalue weighted by Gasteiger charge is 2.25. The summed E-state index contributed by atoms with van der Waals surface area (Å²) < 4.78 is 4.71. The Bertz CT molecular complexity index is 921. The van der Waals surface area contributed by atoms with Crippen molar-refractivity contribution in [3.05, 3.63) is 28.8 Å². The molecule has 0 amide bonds. The number of anilines is 1. The molecule has 0 radical (unpaired) electrons. The molecule has 0 bridgehead atoms. The summed E-state index contributed by atoms with van der Waals surface area (Å²) in [6.45, 7) is 6.30. The van der Waals surface area contributed by atoms with Gasteiger partial charge in [0.1, 0.15) is 5.82 Å². The second-order valence-electron chi connectivity index (χ2n) is 7.20. The van der Waals surface area contributed by atoms with E-state index < -0.39 is 0 Å². The molecule has 26 heavy (non-hydrogen) atoms. The minimum absolute atomic E-state index is 0.292. The third-order valence-corrected chi connectivity index (χ3v) is 5.52. The average Bonchev–Trinajstić information content (AvgIpc) is 3.23. The summed E-state index contributed by atoms with van der Waals surface area (Å²) in [6.07, 6.45) is 8.05. The summed E-state index contributed by atoms with van der Waals surface area (Å²) in [4.78, 5) is 5.05. The van der Waals surface area contributed by atoms with Crippen LogP contribution in [0, 0.1) is 0 Å². The molecule has 1 aliphatic rings. The largest absolute Gasteiger partial charge is 0.367 e. The summed E-state index contributed by atoms with van der Waals surface area (Å²) in [5, 5.41) is 15.9. The average molecular weight is 418 g/mol. The van der Waals surface area contributed by atoms with E-state index in [1.165, 1.54) is 6.42 Å². The van der Waals surface area contributed by atoms with Gasteiger partial charge >= 0.3 is 0 Å². The first-order valence-corrected chi connectivity index (χ1v) is 9.87. The van der Waals surface area contributed by atoms with Gasteiger partial charge in [-0.25, -0.2) is 4.98 Å². The van der Waals surface area contributed by atoms with E-state index in [-0.39, 0.29) is 0 Å². The smallest absolute Gasteiger partial charge is 0.165 e. The van der Waals surface area contributed by atoms with Crippen molar-refractivity contribution in [2.75, 3.05) is 18.4 Å². The third-order valence-electron chi connectivity index (χ3n) is 4.74. The number of nitrogens with zero attached hydrogens (tertiary/aromatic N) is 5. The molecule has 7 nitrogen and oxygen atoms in total. The maximum Gasteiger partial charge on any atom is 0.165 e. The number of halogens is 1. The van der Waals surface area contributed by atoms with Gasteiger partial charge in [0.15, 0.2) is 5.65 Å². The number of nitrogens with one attached hydrogen (secondary N) is 2. The summed E-state index contributed by atoms with van der Waals surface area (Å²) in [5.74, 6) is 1.35. The minimum Gasteiger partial charge on any atom is -0.367 e. The van der Waals surface area contributed by atoms with E-state index in [4.69, 9.17) is 4.98 Å². The Morgan fingerprint density at radius 3 is 2.81 bits per heavy atom. The molecular weight excluding hydrogens is 394 g/mol. The Hall–Kier alpha value is -1.93. The number of aromatic nitrogens is 5. The Morgan fingerprint density at radius 1 is 1.31 bits per heavy atom. The van der Waals surface area contributed by atoms with E-state index in [9.17, 15) is 0 Å². The van der Waals surface area contributed by atoms with Crippen LogP contribution in [0.2, 0.25) is 0 Å². The summed E-state index contributed by atoms with van der Waals surface area (Å²) in [5.41, 5.74) is 3.99. The van der Waals surface area contributed by atoms with Crippen LogP contribution in [0.1, 0.15) is 38.3 Å². The highest BCUT2D eigenvalue weighted by atomic mass is 79.9. The van der Waals surface area contributed by atoms with E-state index in [2.05, 4.69) is 50.6 Å². The molecule has 1 aliphatic heterocycles. The Labute approximate surface area is 161 Å². The van der Waals surface area contributed by atoms with Crippen molar-refractivity contribution >= 4 is 27.4 Å². The van der Waals surface area contributed by atoms with Crippen molar-refractivity contribution in [1.29, 1.82) is 0 Å². The van der Waals surface area contributed by atoms with Crippen LogP contribution in [0.4, 0.5) is 5.82 Å². The summed E-state index contributed by atoms with van der Waals surface area (Å²) >= 11 is 3.81. The molecule has 0 unspecified atom stereocenters. The highest BCUT2D eigenvalue weighted by molar-refractivity contribution is 9.10. The zero-order valence-corrected chi connectivity index (χ0v) is 16.9. The van der Waals surface area contributed by atoms with Gasteiger partial charge in [-0.3, -0.25) is 4.68 Å². The van der Waals surface area contributed by atoms with Crippen LogP contribution < -0.4 is 10.6 Å². The fourth-order valence-electron chi connectivity index (χ4n) is 3.51. The van der Waals surface area contributed by atoms with Crippen LogP contribution in [0.3, 0.4) is 0 Å². The van der Waals surface area contributed by atoms with Gasteiger partial charge in [0.05, 0.1) is 22.6 Å². The second-order valence-corrected chi connectivity index (χ2v) is 7.99. The zero-order valence-electron chi connectivity index (χ0n) is 15.3. The number of fused-ring (bicyclic) bond motifs is 1. The van der Waals surface area contributed by atoms with Gasteiger partial charge in [-0.05, 0) is 49.2 Å². The molecule has 1 atom stereocenters. The second kappa shape index (κ2) is 7.00. The molecule has 0 aromatic carbocycles. The van der Waals surface area contributed by atoms with Gasteiger partial charge in [0.2, 0.25) is 0 Å². The Morgan fingerprint density at radius 2 is 2.15 bits per heavy atom. The number of aryl methyl sites for hydroxylation is 1. The fraction of sp³-hybridized carbons (Fsp3) is 0.500. The quantitative estimate of drug-likeness (QED) is 0.681. The Balaban J connectivity index is 1.91. The van der Waals surface area contributed by atoms with Crippen molar-refractivity contribution in [2.24, 2.45) is 7.05 Å². The van der Waals surface area contributed by atoms with Gasteiger partial charge in [-0.2, -0.15) is 14.7 Å². The van der Waals surface area contributed by atoms with E-state index in [1.807, 2.05) is 30.2 Å². The molecule has 1 fully saturated rings. The van der Waals surface area contributed by atoms with Gasteiger partial charge in [0.25, 0.3) is 0 Å². The first-order valence-electron chi connectivity index (χ1n) is 9.08.